The van der Waals surface area contributed by atoms with Gasteiger partial charge in [0.2, 0.25) is 11.7 Å². The van der Waals surface area contributed by atoms with Crippen LogP contribution in [-0.4, -0.2) is 15.9 Å². The van der Waals surface area contributed by atoms with Crippen molar-refractivity contribution < 1.29 is 18.0 Å². The molecule has 1 aromatic heterocycles. The molecule has 3 aromatic rings. The van der Waals surface area contributed by atoms with E-state index in [2.05, 4.69) is 20.6 Å². The van der Waals surface area contributed by atoms with Crippen LogP contribution < -0.4 is 10.6 Å². The number of fused-ring (bicyclic) bond motifs is 2. The van der Waals surface area contributed by atoms with Crippen LogP contribution >= 0.6 is 0 Å². The summed E-state index contributed by atoms with van der Waals surface area (Å²) in [5.74, 6) is -1.05. The summed E-state index contributed by atoms with van der Waals surface area (Å²) in [6, 6.07) is 11.9. The lowest BCUT2D eigenvalue weighted by Crippen LogP contribution is -2.19. The summed E-state index contributed by atoms with van der Waals surface area (Å²) in [7, 11) is 0. The number of anilines is 2. The van der Waals surface area contributed by atoms with Crippen LogP contribution in [-0.2, 0) is 17.4 Å². The fraction of sp³-hybridized carbons (Fsp3) is 0.250. The number of carbonyl (C=O) groups excluding carboxylic acids is 1. The molecule has 1 aliphatic rings. The van der Waals surface area contributed by atoms with Crippen molar-refractivity contribution in [3.05, 3.63) is 59.4 Å². The Bertz CT molecular complexity index is 1060. The van der Waals surface area contributed by atoms with Crippen LogP contribution in [0.4, 0.5) is 24.7 Å². The van der Waals surface area contributed by atoms with Crippen LogP contribution in [0.25, 0.3) is 10.9 Å². The Morgan fingerprint density at radius 1 is 1.11 bits per heavy atom. The minimum Gasteiger partial charge on any atom is -0.363 e. The Hall–Kier alpha value is -3.16. The summed E-state index contributed by atoms with van der Waals surface area (Å²) in [6.45, 7) is 1.85. The van der Waals surface area contributed by atoms with Crippen molar-refractivity contribution in [1.29, 1.82) is 0 Å². The van der Waals surface area contributed by atoms with Gasteiger partial charge in [0.25, 0.3) is 0 Å². The zero-order valence-corrected chi connectivity index (χ0v) is 15.0. The van der Waals surface area contributed by atoms with E-state index in [1.807, 2.05) is 25.1 Å². The highest BCUT2D eigenvalue weighted by atomic mass is 19.4. The van der Waals surface area contributed by atoms with Gasteiger partial charge in [0, 0.05) is 23.5 Å². The second-order valence-corrected chi connectivity index (χ2v) is 6.74. The Kier molecular flexibility index (Phi) is 4.41. The first-order valence-corrected chi connectivity index (χ1v) is 8.84. The predicted molar refractivity (Wildman–Crippen MR) is 100.0 cm³/mol. The standard InChI is InChI=1S/C20H17F3N4O/c1-11(12-6-8-15-13(10-12)7-9-17(28)25-15)24-18-14-4-2-3-5-16(14)26-19(27-18)20(21,22)23/h2-6,8,10-11H,7,9H2,1H3,(H,25,28)(H,24,26,27)/t11-/m1/s1. The largest absolute Gasteiger partial charge is 0.451 e. The van der Waals surface area contributed by atoms with Crippen molar-refractivity contribution in [3.63, 3.8) is 0 Å². The third kappa shape index (κ3) is 3.49. The monoisotopic (exact) mass is 386 g/mol. The molecule has 0 unspecified atom stereocenters. The van der Waals surface area contributed by atoms with E-state index < -0.39 is 12.0 Å². The summed E-state index contributed by atoms with van der Waals surface area (Å²) in [4.78, 5) is 18.9. The van der Waals surface area contributed by atoms with Gasteiger partial charge < -0.3 is 10.6 Å². The normalized spacial score (nSPS) is 15.1. The molecule has 1 amide bonds. The smallest absolute Gasteiger partial charge is 0.363 e. The lowest BCUT2D eigenvalue weighted by atomic mass is 9.98. The van der Waals surface area contributed by atoms with E-state index in [9.17, 15) is 18.0 Å². The summed E-state index contributed by atoms with van der Waals surface area (Å²) in [6.07, 6.45) is -3.58. The van der Waals surface area contributed by atoms with Crippen LogP contribution in [0.15, 0.2) is 42.5 Å². The van der Waals surface area contributed by atoms with Crippen LogP contribution in [0.5, 0.6) is 0 Å². The molecular weight excluding hydrogens is 369 g/mol. The minimum absolute atomic E-state index is 0.0152. The number of nitrogens with zero attached hydrogens (tertiary/aromatic N) is 2. The third-order valence-corrected chi connectivity index (χ3v) is 4.73. The van der Waals surface area contributed by atoms with Gasteiger partial charge >= 0.3 is 6.18 Å². The van der Waals surface area contributed by atoms with Crippen LogP contribution in [0, 0.1) is 0 Å². The summed E-state index contributed by atoms with van der Waals surface area (Å²) < 4.78 is 39.6. The van der Waals surface area contributed by atoms with Gasteiger partial charge in [-0.3, -0.25) is 4.79 Å². The van der Waals surface area contributed by atoms with Gasteiger partial charge in [-0.2, -0.15) is 13.2 Å². The molecule has 2 N–H and O–H groups in total. The van der Waals surface area contributed by atoms with Crippen molar-refractivity contribution in [3.8, 4) is 0 Å². The lowest BCUT2D eigenvalue weighted by Gasteiger charge is -2.21. The number of alkyl halides is 3. The highest BCUT2D eigenvalue weighted by Gasteiger charge is 2.35. The SMILES string of the molecule is C[C@@H](Nc1nc(C(F)(F)F)nc2ccccc12)c1ccc2c(c1)CCC(=O)N2. The predicted octanol–water partition coefficient (Wildman–Crippen LogP) is 4.71. The number of aromatic nitrogens is 2. The molecule has 0 bridgehead atoms. The molecule has 0 fully saturated rings. The Morgan fingerprint density at radius 2 is 1.89 bits per heavy atom. The first-order chi connectivity index (χ1) is 13.3. The maximum absolute atomic E-state index is 13.2. The van der Waals surface area contributed by atoms with E-state index in [-0.39, 0.29) is 23.3 Å². The van der Waals surface area contributed by atoms with Gasteiger partial charge in [0.15, 0.2) is 0 Å². The summed E-state index contributed by atoms with van der Waals surface area (Å²) in [5, 5.41) is 6.43. The molecule has 28 heavy (non-hydrogen) atoms. The molecule has 0 saturated carbocycles. The van der Waals surface area contributed by atoms with Crippen molar-refractivity contribution in [2.45, 2.75) is 32.0 Å². The highest BCUT2D eigenvalue weighted by molar-refractivity contribution is 5.94. The molecule has 1 aliphatic heterocycles. The van der Waals surface area contributed by atoms with E-state index in [0.717, 1.165) is 16.8 Å². The fourth-order valence-electron chi connectivity index (χ4n) is 3.27. The molecule has 2 heterocycles. The second kappa shape index (κ2) is 6.78. The number of carbonyl (C=O) groups is 1. The number of aryl methyl sites for hydroxylation is 1. The van der Waals surface area contributed by atoms with Gasteiger partial charge in [-0.15, -0.1) is 0 Å². The van der Waals surface area contributed by atoms with Crippen molar-refractivity contribution in [2.24, 2.45) is 0 Å². The van der Waals surface area contributed by atoms with Crippen LogP contribution in [0.3, 0.4) is 0 Å². The molecule has 0 spiro atoms. The van der Waals surface area contributed by atoms with Gasteiger partial charge in [0.05, 0.1) is 5.52 Å². The number of para-hydroxylation sites is 1. The number of hydrogen-bond donors (Lipinski definition) is 2. The summed E-state index contributed by atoms with van der Waals surface area (Å²) in [5.41, 5.74) is 2.91. The van der Waals surface area contributed by atoms with Crippen molar-refractivity contribution in [1.82, 2.24) is 9.97 Å². The first-order valence-electron chi connectivity index (χ1n) is 8.84. The van der Waals surface area contributed by atoms with E-state index in [4.69, 9.17) is 0 Å². The molecule has 4 rings (SSSR count). The van der Waals surface area contributed by atoms with Gasteiger partial charge in [-0.1, -0.05) is 24.3 Å². The quantitative estimate of drug-likeness (QED) is 0.684. The molecule has 2 aromatic carbocycles. The molecule has 0 aliphatic carbocycles. The summed E-state index contributed by atoms with van der Waals surface area (Å²) >= 11 is 0. The molecule has 1 atom stereocenters. The lowest BCUT2D eigenvalue weighted by molar-refractivity contribution is -0.144. The number of benzene rings is 2. The zero-order chi connectivity index (χ0) is 19.9. The first kappa shape index (κ1) is 18.2. The Labute approximate surface area is 159 Å². The number of halogens is 3. The minimum atomic E-state index is -4.63. The molecular formula is C20H17F3N4O. The Morgan fingerprint density at radius 3 is 2.68 bits per heavy atom. The highest BCUT2D eigenvalue weighted by Crippen LogP contribution is 2.32. The number of amides is 1. The number of rotatable bonds is 3. The molecule has 8 heteroatoms. The van der Waals surface area contributed by atoms with E-state index in [1.54, 1.807) is 18.2 Å². The third-order valence-electron chi connectivity index (χ3n) is 4.73. The van der Waals surface area contributed by atoms with E-state index in [1.165, 1.54) is 6.07 Å². The van der Waals surface area contributed by atoms with Crippen LogP contribution in [0.1, 0.15) is 36.3 Å². The average molecular weight is 386 g/mol. The average Bonchev–Trinajstić information content (AvgIpc) is 2.66. The topological polar surface area (TPSA) is 66.9 Å². The fourth-order valence-corrected chi connectivity index (χ4v) is 3.27. The Balaban J connectivity index is 1.69. The maximum Gasteiger partial charge on any atom is 0.451 e. The van der Waals surface area contributed by atoms with Crippen molar-refractivity contribution >= 4 is 28.3 Å². The van der Waals surface area contributed by atoms with E-state index in [0.29, 0.717) is 18.2 Å². The van der Waals surface area contributed by atoms with Gasteiger partial charge in [0.1, 0.15) is 5.82 Å². The molecule has 0 radical (unpaired) electrons. The zero-order valence-electron chi connectivity index (χ0n) is 15.0. The van der Waals surface area contributed by atoms with Crippen LogP contribution in [0.2, 0.25) is 0 Å². The van der Waals surface area contributed by atoms with Gasteiger partial charge in [-0.25, -0.2) is 9.97 Å². The van der Waals surface area contributed by atoms with Crippen molar-refractivity contribution in [2.75, 3.05) is 10.6 Å². The second-order valence-electron chi connectivity index (χ2n) is 6.74. The molecule has 0 saturated heterocycles. The van der Waals surface area contributed by atoms with Gasteiger partial charge in [-0.05, 0) is 42.7 Å². The molecule has 5 nitrogen and oxygen atoms in total. The van der Waals surface area contributed by atoms with E-state index >= 15 is 0 Å². The maximum atomic E-state index is 13.2. The number of hydrogen-bond acceptors (Lipinski definition) is 4. The number of nitrogens with one attached hydrogen (secondary N) is 2. The molecule has 144 valence electrons.